The van der Waals surface area contributed by atoms with Crippen LogP contribution >= 0.6 is 0 Å². The van der Waals surface area contributed by atoms with Crippen LogP contribution in [0.25, 0.3) is 0 Å². The number of likely N-dealkylation sites (tertiary alicyclic amines) is 1. The highest BCUT2D eigenvalue weighted by Crippen LogP contribution is 2.18. The molecular weight excluding hydrogens is 282 g/mol. The molecule has 0 bridgehead atoms. The number of urea groups is 1. The molecule has 3 amide bonds. The average Bonchev–Trinajstić information content (AvgIpc) is 2.90. The minimum absolute atomic E-state index is 0.0694. The molecule has 1 aliphatic rings. The summed E-state index contributed by atoms with van der Waals surface area (Å²) in [6.07, 6.45) is 3.42. The van der Waals surface area contributed by atoms with Crippen LogP contribution in [0.3, 0.4) is 0 Å². The van der Waals surface area contributed by atoms with E-state index in [0.29, 0.717) is 31.4 Å². The summed E-state index contributed by atoms with van der Waals surface area (Å²) in [5, 5.41) is 9.86. The molecule has 1 atom stereocenters. The van der Waals surface area contributed by atoms with Crippen molar-refractivity contribution in [3.05, 3.63) is 12.3 Å². The van der Waals surface area contributed by atoms with E-state index >= 15 is 0 Å². The van der Waals surface area contributed by atoms with E-state index in [1.807, 2.05) is 0 Å². The van der Waals surface area contributed by atoms with Gasteiger partial charge in [0.15, 0.2) is 5.82 Å². The quantitative estimate of drug-likeness (QED) is 0.883. The van der Waals surface area contributed by atoms with Crippen molar-refractivity contribution in [3.63, 3.8) is 0 Å². The molecule has 0 aromatic carbocycles. The zero-order valence-electron chi connectivity index (χ0n) is 13.5. The van der Waals surface area contributed by atoms with Crippen LogP contribution < -0.4 is 10.6 Å². The molecule has 22 heavy (non-hydrogen) atoms. The van der Waals surface area contributed by atoms with Crippen molar-refractivity contribution in [2.75, 3.05) is 25.0 Å². The molecule has 0 aliphatic carbocycles. The first kappa shape index (κ1) is 16.3. The Morgan fingerprint density at radius 2 is 2.23 bits per heavy atom. The molecule has 1 saturated heterocycles. The van der Waals surface area contributed by atoms with Gasteiger partial charge in [0, 0.05) is 38.9 Å². The average molecular weight is 307 g/mol. The number of carbonyl (C=O) groups is 2. The predicted octanol–water partition coefficient (Wildman–Crippen LogP) is 1.44. The van der Waals surface area contributed by atoms with E-state index < -0.39 is 0 Å². The lowest BCUT2D eigenvalue weighted by molar-refractivity contribution is -0.121. The van der Waals surface area contributed by atoms with E-state index in [2.05, 4.69) is 29.6 Å². The second-order valence-corrected chi connectivity index (χ2v) is 6.23. The third-order valence-electron chi connectivity index (χ3n) is 3.71. The number of nitrogens with zero attached hydrogens (tertiary/aromatic N) is 3. The summed E-state index contributed by atoms with van der Waals surface area (Å²) < 4.78 is 1.64. The predicted molar refractivity (Wildman–Crippen MR) is 84.4 cm³/mol. The number of carbonyl (C=O) groups excluding carboxylic acids is 2. The number of amides is 3. The van der Waals surface area contributed by atoms with Gasteiger partial charge in [-0.25, -0.2) is 4.79 Å². The van der Waals surface area contributed by atoms with Gasteiger partial charge in [0.2, 0.25) is 5.91 Å². The molecular formula is C15H25N5O2. The van der Waals surface area contributed by atoms with Crippen molar-refractivity contribution in [1.82, 2.24) is 20.0 Å². The highest BCUT2D eigenvalue weighted by Gasteiger charge is 2.28. The van der Waals surface area contributed by atoms with Crippen LogP contribution in [0.15, 0.2) is 12.3 Å². The zero-order valence-corrected chi connectivity index (χ0v) is 13.5. The molecule has 122 valence electrons. The maximum atomic E-state index is 12.3. The molecule has 0 saturated carbocycles. The molecule has 2 N–H and O–H groups in total. The third-order valence-corrected chi connectivity index (χ3v) is 3.71. The van der Waals surface area contributed by atoms with E-state index in [4.69, 9.17) is 0 Å². The first-order valence-electron chi connectivity index (χ1n) is 7.79. The van der Waals surface area contributed by atoms with E-state index in [-0.39, 0.29) is 17.9 Å². The minimum Gasteiger partial charge on any atom is -0.338 e. The summed E-state index contributed by atoms with van der Waals surface area (Å²) >= 11 is 0. The molecule has 1 aromatic heterocycles. The Morgan fingerprint density at radius 3 is 2.86 bits per heavy atom. The minimum atomic E-state index is -0.180. The highest BCUT2D eigenvalue weighted by atomic mass is 16.2. The standard InChI is InChI=1S/C15H25N5O2/c1-11(2)9-16-15(22)20-7-4-5-12(10-20)14(21)17-13-6-8-19(3)18-13/h6,8,11-12H,4-5,7,9-10H2,1-3H3,(H,16,22)(H,17,18,21)/t12-/m1/s1. The van der Waals surface area contributed by atoms with Crippen LogP contribution in [-0.2, 0) is 11.8 Å². The largest absolute Gasteiger partial charge is 0.338 e. The van der Waals surface area contributed by atoms with Crippen LogP contribution in [-0.4, -0.2) is 46.3 Å². The maximum Gasteiger partial charge on any atom is 0.317 e. The lowest BCUT2D eigenvalue weighted by Gasteiger charge is -2.32. The number of piperidine rings is 1. The van der Waals surface area contributed by atoms with Gasteiger partial charge in [-0.15, -0.1) is 0 Å². The SMILES string of the molecule is CC(C)CNC(=O)N1CCC[C@@H](C(=O)Nc2ccn(C)n2)C1. The second kappa shape index (κ2) is 7.29. The van der Waals surface area contributed by atoms with Crippen LogP contribution in [0.5, 0.6) is 0 Å². The van der Waals surface area contributed by atoms with Crippen LogP contribution in [0, 0.1) is 11.8 Å². The fourth-order valence-corrected chi connectivity index (χ4v) is 2.49. The lowest BCUT2D eigenvalue weighted by Crippen LogP contribution is -2.48. The topological polar surface area (TPSA) is 79.3 Å². The van der Waals surface area contributed by atoms with Gasteiger partial charge in [0.05, 0.1) is 5.92 Å². The van der Waals surface area contributed by atoms with Crippen molar-refractivity contribution < 1.29 is 9.59 Å². The van der Waals surface area contributed by atoms with Crippen molar-refractivity contribution in [2.45, 2.75) is 26.7 Å². The second-order valence-electron chi connectivity index (χ2n) is 6.23. The van der Waals surface area contributed by atoms with Gasteiger partial charge in [0.25, 0.3) is 0 Å². The van der Waals surface area contributed by atoms with Crippen molar-refractivity contribution in [2.24, 2.45) is 18.9 Å². The first-order chi connectivity index (χ1) is 10.5. The molecule has 0 radical (unpaired) electrons. The van der Waals surface area contributed by atoms with Crippen molar-refractivity contribution >= 4 is 17.8 Å². The van der Waals surface area contributed by atoms with E-state index in [9.17, 15) is 9.59 Å². The van der Waals surface area contributed by atoms with E-state index in [1.54, 1.807) is 28.9 Å². The zero-order chi connectivity index (χ0) is 16.1. The smallest absolute Gasteiger partial charge is 0.317 e. The van der Waals surface area contributed by atoms with Gasteiger partial charge in [-0.05, 0) is 18.8 Å². The normalized spacial score (nSPS) is 18.4. The Bertz CT molecular complexity index is 526. The van der Waals surface area contributed by atoms with Gasteiger partial charge in [-0.1, -0.05) is 13.8 Å². The third kappa shape index (κ3) is 4.47. The molecule has 7 heteroatoms. The van der Waals surface area contributed by atoms with Gasteiger partial charge >= 0.3 is 6.03 Å². The maximum absolute atomic E-state index is 12.3. The number of nitrogens with one attached hydrogen (secondary N) is 2. The molecule has 2 heterocycles. The number of hydrogen-bond acceptors (Lipinski definition) is 3. The molecule has 2 rings (SSSR count). The molecule has 1 aromatic rings. The Kier molecular flexibility index (Phi) is 5.41. The number of aryl methyl sites for hydroxylation is 1. The molecule has 0 spiro atoms. The van der Waals surface area contributed by atoms with Crippen LogP contribution in [0.4, 0.5) is 10.6 Å². The summed E-state index contributed by atoms with van der Waals surface area (Å²) in [5.74, 6) is 0.714. The Hall–Kier alpha value is -2.05. The summed E-state index contributed by atoms with van der Waals surface area (Å²) in [7, 11) is 1.80. The summed E-state index contributed by atoms with van der Waals surface area (Å²) in [6, 6.07) is 1.68. The summed E-state index contributed by atoms with van der Waals surface area (Å²) in [6.45, 7) is 5.93. The lowest BCUT2D eigenvalue weighted by atomic mass is 9.97. The van der Waals surface area contributed by atoms with Crippen LogP contribution in [0.2, 0.25) is 0 Å². The van der Waals surface area contributed by atoms with Gasteiger partial charge < -0.3 is 15.5 Å². The van der Waals surface area contributed by atoms with Gasteiger partial charge in [-0.2, -0.15) is 5.10 Å². The van der Waals surface area contributed by atoms with Crippen molar-refractivity contribution in [1.29, 1.82) is 0 Å². The summed E-state index contributed by atoms with van der Waals surface area (Å²) in [4.78, 5) is 26.1. The monoisotopic (exact) mass is 307 g/mol. The van der Waals surface area contributed by atoms with Crippen molar-refractivity contribution in [3.8, 4) is 0 Å². The van der Waals surface area contributed by atoms with E-state index in [0.717, 1.165) is 12.8 Å². The Balaban J connectivity index is 1.86. The Morgan fingerprint density at radius 1 is 1.45 bits per heavy atom. The van der Waals surface area contributed by atoms with Gasteiger partial charge in [-0.3, -0.25) is 9.48 Å². The Labute approximate surface area is 131 Å². The molecule has 7 nitrogen and oxygen atoms in total. The molecule has 1 fully saturated rings. The fourth-order valence-electron chi connectivity index (χ4n) is 2.49. The molecule has 0 unspecified atom stereocenters. The number of hydrogen-bond donors (Lipinski definition) is 2. The number of aromatic nitrogens is 2. The fraction of sp³-hybridized carbons (Fsp3) is 0.667. The molecule has 1 aliphatic heterocycles. The number of anilines is 1. The highest BCUT2D eigenvalue weighted by molar-refractivity contribution is 5.92. The first-order valence-corrected chi connectivity index (χ1v) is 7.79. The van der Waals surface area contributed by atoms with E-state index in [1.165, 1.54) is 0 Å². The van der Waals surface area contributed by atoms with Crippen LogP contribution in [0.1, 0.15) is 26.7 Å². The number of rotatable bonds is 4. The van der Waals surface area contributed by atoms with Gasteiger partial charge in [0.1, 0.15) is 0 Å². The summed E-state index contributed by atoms with van der Waals surface area (Å²) in [5.41, 5.74) is 0.